The molecule has 0 aromatic carbocycles. The van der Waals surface area contributed by atoms with Crippen LogP contribution in [0.15, 0.2) is 0 Å². The largest absolute Gasteiger partial charge is 0.450 e. The molecule has 0 aromatic heterocycles. The van der Waals surface area contributed by atoms with Crippen molar-refractivity contribution in [3.8, 4) is 0 Å². The van der Waals surface area contributed by atoms with E-state index in [9.17, 15) is 9.59 Å². The zero-order chi connectivity index (χ0) is 12.3. The summed E-state index contributed by atoms with van der Waals surface area (Å²) < 4.78 is 4.96. The number of rotatable bonds is 3. The highest BCUT2D eigenvalue weighted by Crippen LogP contribution is 2.22. The third-order valence-corrected chi connectivity index (χ3v) is 3.24. The van der Waals surface area contributed by atoms with Gasteiger partial charge in [-0.05, 0) is 32.6 Å². The number of hydrogen-bond donors (Lipinski definition) is 1. The fraction of sp³-hybridized carbons (Fsp3) is 0.833. The van der Waals surface area contributed by atoms with Gasteiger partial charge in [0.2, 0.25) is 5.91 Å². The summed E-state index contributed by atoms with van der Waals surface area (Å²) in [5, 5.41) is 3.00. The quantitative estimate of drug-likeness (QED) is 0.804. The van der Waals surface area contributed by atoms with Crippen molar-refractivity contribution in [2.45, 2.75) is 38.6 Å². The standard InChI is InChI=1S/C12H20N2O3/c1-2-17-12(16)14-7-3-4-9(8-14)11(15)13-10-5-6-10/h9-10H,2-8H2,1H3,(H,13,15)/t9-/m0/s1. The highest BCUT2D eigenvalue weighted by Gasteiger charge is 2.32. The average Bonchev–Trinajstić information content (AvgIpc) is 3.13. The van der Waals surface area contributed by atoms with Crippen LogP contribution in [0.4, 0.5) is 4.79 Å². The molecule has 0 spiro atoms. The predicted octanol–water partition coefficient (Wildman–Crippen LogP) is 1.13. The first-order chi connectivity index (χ1) is 8.20. The molecule has 1 aliphatic heterocycles. The van der Waals surface area contributed by atoms with Gasteiger partial charge in [0.05, 0.1) is 12.5 Å². The Labute approximate surface area is 101 Å². The van der Waals surface area contributed by atoms with Gasteiger partial charge >= 0.3 is 6.09 Å². The van der Waals surface area contributed by atoms with Gasteiger partial charge in [-0.1, -0.05) is 0 Å². The Hall–Kier alpha value is -1.26. The van der Waals surface area contributed by atoms with E-state index < -0.39 is 0 Å². The first-order valence-electron chi connectivity index (χ1n) is 6.42. The minimum absolute atomic E-state index is 0.0613. The van der Waals surface area contributed by atoms with Gasteiger partial charge in [-0.3, -0.25) is 4.79 Å². The van der Waals surface area contributed by atoms with E-state index in [0.717, 1.165) is 25.7 Å². The van der Waals surface area contributed by atoms with Crippen LogP contribution >= 0.6 is 0 Å². The number of ether oxygens (including phenoxy) is 1. The van der Waals surface area contributed by atoms with Crippen LogP contribution in [0.1, 0.15) is 32.6 Å². The Kier molecular flexibility index (Phi) is 3.86. The van der Waals surface area contributed by atoms with Crippen molar-refractivity contribution in [1.82, 2.24) is 10.2 Å². The van der Waals surface area contributed by atoms with Crippen LogP contribution in [0.2, 0.25) is 0 Å². The van der Waals surface area contributed by atoms with Crippen LogP contribution in [0, 0.1) is 5.92 Å². The third kappa shape index (κ3) is 3.35. The van der Waals surface area contributed by atoms with E-state index in [1.54, 1.807) is 11.8 Å². The Morgan fingerprint density at radius 3 is 2.76 bits per heavy atom. The van der Waals surface area contributed by atoms with Crippen LogP contribution in [-0.4, -0.2) is 42.6 Å². The molecule has 1 saturated carbocycles. The second-order valence-corrected chi connectivity index (χ2v) is 4.77. The number of piperidine rings is 1. The average molecular weight is 240 g/mol. The smallest absolute Gasteiger partial charge is 0.409 e. The first kappa shape index (κ1) is 12.2. The number of carbonyl (C=O) groups excluding carboxylic acids is 2. The van der Waals surface area contributed by atoms with Gasteiger partial charge in [-0.25, -0.2) is 4.79 Å². The summed E-state index contributed by atoms with van der Waals surface area (Å²) in [6.07, 6.45) is 3.65. The second-order valence-electron chi connectivity index (χ2n) is 4.77. The molecule has 1 heterocycles. The second kappa shape index (κ2) is 5.38. The Balaban J connectivity index is 1.82. The van der Waals surface area contributed by atoms with E-state index in [-0.39, 0.29) is 17.9 Å². The molecule has 2 fully saturated rings. The monoisotopic (exact) mass is 240 g/mol. The van der Waals surface area contributed by atoms with Gasteiger partial charge in [-0.15, -0.1) is 0 Å². The van der Waals surface area contributed by atoms with Crippen LogP contribution in [0.25, 0.3) is 0 Å². The maximum absolute atomic E-state index is 11.9. The maximum Gasteiger partial charge on any atom is 0.409 e. The lowest BCUT2D eigenvalue weighted by Gasteiger charge is -2.31. The summed E-state index contributed by atoms with van der Waals surface area (Å²) in [6, 6.07) is 0.389. The highest BCUT2D eigenvalue weighted by atomic mass is 16.6. The van der Waals surface area contributed by atoms with E-state index in [4.69, 9.17) is 4.74 Å². The molecule has 0 radical (unpaired) electrons. The van der Waals surface area contributed by atoms with E-state index >= 15 is 0 Å². The van der Waals surface area contributed by atoms with Gasteiger partial charge < -0.3 is 15.0 Å². The molecule has 5 nitrogen and oxygen atoms in total. The molecule has 1 aliphatic carbocycles. The van der Waals surface area contributed by atoms with Gasteiger partial charge in [0.15, 0.2) is 0 Å². The molecule has 5 heteroatoms. The fourth-order valence-corrected chi connectivity index (χ4v) is 2.12. The van der Waals surface area contributed by atoms with Crippen molar-refractivity contribution in [2.24, 2.45) is 5.92 Å². The molecule has 2 aliphatic rings. The minimum Gasteiger partial charge on any atom is -0.450 e. The van der Waals surface area contributed by atoms with E-state index in [0.29, 0.717) is 25.7 Å². The summed E-state index contributed by atoms with van der Waals surface area (Å²) in [4.78, 5) is 25.1. The molecule has 1 saturated heterocycles. The fourth-order valence-electron chi connectivity index (χ4n) is 2.12. The summed E-state index contributed by atoms with van der Waals surface area (Å²) in [6.45, 7) is 3.37. The Bertz CT molecular complexity index is 302. The van der Waals surface area contributed by atoms with Gasteiger partial charge in [0, 0.05) is 19.1 Å². The van der Waals surface area contributed by atoms with Crippen molar-refractivity contribution in [2.75, 3.05) is 19.7 Å². The zero-order valence-electron chi connectivity index (χ0n) is 10.3. The SMILES string of the molecule is CCOC(=O)N1CCC[C@H](C(=O)NC2CC2)C1. The normalized spacial score (nSPS) is 24.3. The van der Waals surface area contributed by atoms with Crippen molar-refractivity contribution in [1.29, 1.82) is 0 Å². The molecule has 2 rings (SSSR count). The zero-order valence-corrected chi connectivity index (χ0v) is 10.3. The van der Waals surface area contributed by atoms with Crippen molar-refractivity contribution >= 4 is 12.0 Å². The number of nitrogens with one attached hydrogen (secondary N) is 1. The molecule has 0 aromatic rings. The Morgan fingerprint density at radius 1 is 1.35 bits per heavy atom. The topological polar surface area (TPSA) is 58.6 Å². The lowest BCUT2D eigenvalue weighted by molar-refractivity contribution is -0.126. The van der Waals surface area contributed by atoms with Gasteiger partial charge in [0.25, 0.3) is 0 Å². The summed E-state index contributed by atoms with van der Waals surface area (Å²) in [5.74, 6) is 0.0373. The lowest BCUT2D eigenvalue weighted by atomic mass is 9.97. The van der Waals surface area contributed by atoms with Crippen molar-refractivity contribution in [3.63, 3.8) is 0 Å². The molecule has 0 unspecified atom stereocenters. The van der Waals surface area contributed by atoms with Gasteiger partial charge in [0.1, 0.15) is 0 Å². The van der Waals surface area contributed by atoms with E-state index in [1.807, 2.05) is 0 Å². The van der Waals surface area contributed by atoms with E-state index in [1.165, 1.54) is 0 Å². The molecule has 1 N–H and O–H groups in total. The highest BCUT2D eigenvalue weighted by molar-refractivity contribution is 5.80. The molecular formula is C12H20N2O3. The molecule has 2 amide bonds. The predicted molar refractivity (Wildman–Crippen MR) is 62.5 cm³/mol. The first-order valence-corrected chi connectivity index (χ1v) is 6.42. The van der Waals surface area contributed by atoms with Crippen molar-refractivity contribution in [3.05, 3.63) is 0 Å². The van der Waals surface area contributed by atoms with Crippen molar-refractivity contribution < 1.29 is 14.3 Å². The third-order valence-electron chi connectivity index (χ3n) is 3.24. The number of hydrogen-bond acceptors (Lipinski definition) is 3. The molecule has 0 bridgehead atoms. The Morgan fingerprint density at radius 2 is 2.12 bits per heavy atom. The molecule has 17 heavy (non-hydrogen) atoms. The number of nitrogens with zero attached hydrogens (tertiary/aromatic N) is 1. The van der Waals surface area contributed by atoms with E-state index in [2.05, 4.69) is 5.32 Å². The summed E-state index contributed by atoms with van der Waals surface area (Å²) in [7, 11) is 0. The van der Waals surface area contributed by atoms with Crippen LogP contribution < -0.4 is 5.32 Å². The number of amides is 2. The van der Waals surface area contributed by atoms with Crippen LogP contribution in [0.3, 0.4) is 0 Å². The van der Waals surface area contributed by atoms with Crippen LogP contribution in [-0.2, 0) is 9.53 Å². The number of carbonyl (C=O) groups is 2. The summed E-state index contributed by atoms with van der Waals surface area (Å²) in [5.41, 5.74) is 0. The molecule has 96 valence electrons. The summed E-state index contributed by atoms with van der Waals surface area (Å²) >= 11 is 0. The van der Waals surface area contributed by atoms with Crippen LogP contribution in [0.5, 0.6) is 0 Å². The lowest BCUT2D eigenvalue weighted by Crippen LogP contribution is -2.46. The minimum atomic E-state index is -0.295. The number of likely N-dealkylation sites (tertiary alicyclic amines) is 1. The molecular weight excluding hydrogens is 220 g/mol. The molecule has 1 atom stereocenters. The maximum atomic E-state index is 11.9. The van der Waals surface area contributed by atoms with Gasteiger partial charge in [-0.2, -0.15) is 0 Å².